The molecular weight excluding hydrogens is 220 g/mol. The SMILES string of the molecule is COCN(COC)C(=O)Nc1ccc(C)cc1. The zero-order valence-electron chi connectivity index (χ0n) is 10.4. The number of hydrogen-bond donors (Lipinski definition) is 1. The lowest BCUT2D eigenvalue weighted by atomic mass is 10.2. The second kappa shape index (κ2) is 6.88. The van der Waals surface area contributed by atoms with E-state index in [4.69, 9.17) is 9.47 Å². The Labute approximate surface area is 101 Å². The molecule has 0 radical (unpaired) electrons. The Morgan fingerprint density at radius 1 is 1.18 bits per heavy atom. The molecule has 0 aliphatic carbocycles. The number of nitrogens with zero attached hydrogens (tertiary/aromatic N) is 1. The molecule has 0 aliphatic rings. The van der Waals surface area contributed by atoms with Gasteiger partial charge >= 0.3 is 6.03 Å². The van der Waals surface area contributed by atoms with Gasteiger partial charge in [-0.05, 0) is 19.1 Å². The van der Waals surface area contributed by atoms with Crippen LogP contribution < -0.4 is 5.32 Å². The average molecular weight is 238 g/mol. The molecule has 0 bridgehead atoms. The molecule has 0 atom stereocenters. The summed E-state index contributed by atoms with van der Waals surface area (Å²) in [4.78, 5) is 13.2. The lowest BCUT2D eigenvalue weighted by Crippen LogP contribution is -2.37. The number of hydrogen-bond acceptors (Lipinski definition) is 3. The summed E-state index contributed by atoms with van der Waals surface area (Å²) in [6.07, 6.45) is 0. The van der Waals surface area contributed by atoms with Crippen LogP contribution in [0.2, 0.25) is 0 Å². The molecule has 5 nitrogen and oxygen atoms in total. The third-order valence-electron chi connectivity index (χ3n) is 2.16. The number of urea groups is 1. The molecule has 0 aliphatic heterocycles. The van der Waals surface area contributed by atoms with Crippen molar-refractivity contribution in [1.82, 2.24) is 4.90 Å². The molecule has 1 rings (SSSR count). The van der Waals surface area contributed by atoms with Crippen LogP contribution in [0.1, 0.15) is 5.56 Å². The zero-order chi connectivity index (χ0) is 12.7. The second-order valence-electron chi connectivity index (χ2n) is 3.67. The van der Waals surface area contributed by atoms with Crippen molar-refractivity contribution < 1.29 is 14.3 Å². The van der Waals surface area contributed by atoms with Crippen molar-refractivity contribution in [3.05, 3.63) is 29.8 Å². The number of methoxy groups -OCH3 is 2. The summed E-state index contributed by atoms with van der Waals surface area (Å²) >= 11 is 0. The lowest BCUT2D eigenvalue weighted by Gasteiger charge is -2.21. The molecule has 0 fully saturated rings. The number of benzene rings is 1. The maximum atomic E-state index is 11.8. The normalized spacial score (nSPS) is 10.1. The Morgan fingerprint density at radius 2 is 1.71 bits per heavy atom. The van der Waals surface area contributed by atoms with E-state index < -0.39 is 0 Å². The summed E-state index contributed by atoms with van der Waals surface area (Å²) in [5, 5.41) is 2.77. The first kappa shape index (κ1) is 13.5. The molecule has 94 valence electrons. The first-order valence-corrected chi connectivity index (χ1v) is 5.28. The van der Waals surface area contributed by atoms with E-state index in [-0.39, 0.29) is 19.5 Å². The van der Waals surface area contributed by atoms with Crippen molar-refractivity contribution >= 4 is 11.7 Å². The van der Waals surface area contributed by atoms with Crippen LogP contribution in [-0.2, 0) is 9.47 Å². The van der Waals surface area contributed by atoms with Crippen molar-refractivity contribution in [2.45, 2.75) is 6.92 Å². The summed E-state index contributed by atoms with van der Waals surface area (Å²) in [6, 6.07) is 7.33. The van der Waals surface area contributed by atoms with Gasteiger partial charge in [0.25, 0.3) is 0 Å². The smallest absolute Gasteiger partial charge is 0.325 e. The van der Waals surface area contributed by atoms with Crippen LogP contribution >= 0.6 is 0 Å². The molecule has 0 unspecified atom stereocenters. The van der Waals surface area contributed by atoms with Crippen LogP contribution in [0, 0.1) is 6.92 Å². The summed E-state index contributed by atoms with van der Waals surface area (Å²) in [5.41, 5.74) is 1.89. The highest BCUT2D eigenvalue weighted by molar-refractivity contribution is 5.89. The summed E-state index contributed by atoms with van der Waals surface area (Å²) in [6.45, 7) is 2.37. The van der Waals surface area contributed by atoms with E-state index >= 15 is 0 Å². The summed E-state index contributed by atoms with van der Waals surface area (Å²) in [5.74, 6) is 0. The molecule has 5 heteroatoms. The molecule has 0 heterocycles. The standard InChI is InChI=1S/C12H18N2O3/c1-10-4-6-11(7-5-10)13-12(15)14(8-16-2)9-17-3/h4-7H,8-9H2,1-3H3,(H,13,15). The number of rotatable bonds is 5. The van der Waals surface area contributed by atoms with Crippen LogP contribution in [0.25, 0.3) is 0 Å². The van der Waals surface area contributed by atoms with Gasteiger partial charge in [-0.1, -0.05) is 17.7 Å². The number of aryl methyl sites for hydroxylation is 1. The van der Waals surface area contributed by atoms with Gasteiger partial charge in [0.05, 0.1) is 0 Å². The minimum atomic E-state index is -0.252. The maximum Gasteiger partial charge on any atom is 0.325 e. The number of nitrogens with one attached hydrogen (secondary N) is 1. The van der Waals surface area contributed by atoms with E-state index in [0.717, 1.165) is 11.3 Å². The van der Waals surface area contributed by atoms with Crippen LogP contribution in [-0.4, -0.2) is 38.6 Å². The fourth-order valence-electron chi connectivity index (χ4n) is 1.31. The van der Waals surface area contributed by atoms with Gasteiger partial charge in [0.15, 0.2) is 0 Å². The average Bonchev–Trinajstić information content (AvgIpc) is 2.32. The molecule has 2 amide bonds. The van der Waals surface area contributed by atoms with E-state index in [1.165, 1.54) is 19.1 Å². The second-order valence-corrected chi connectivity index (χ2v) is 3.67. The molecule has 1 aromatic carbocycles. The van der Waals surface area contributed by atoms with Gasteiger partial charge in [-0.25, -0.2) is 4.79 Å². The van der Waals surface area contributed by atoms with Gasteiger partial charge in [-0.15, -0.1) is 0 Å². The first-order chi connectivity index (χ1) is 8.17. The first-order valence-electron chi connectivity index (χ1n) is 5.28. The maximum absolute atomic E-state index is 11.8. The number of carbonyl (C=O) groups excluding carboxylic acids is 1. The minimum Gasteiger partial charge on any atom is -0.364 e. The van der Waals surface area contributed by atoms with E-state index in [1.54, 1.807) is 0 Å². The Balaban J connectivity index is 2.59. The van der Waals surface area contributed by atoms with E-state index in [9.17, 15) is 4.79 Å². The lowest BCUT2D eigenvalue weighted by molar-refractivity contribution is 0.0167. The van der Waals surface area contributed by atoms with Gasteiger partial charge < -0.3 is 14.8 Å². The predicted octanol–water partition coefficient (Wildman–Crippen LogP) is 2.04. The van der Waals surface area contributed by atoms with Gasteiger partial charge in [0, 0.05) is 19.9 Å². The quantitative estimate of drug-likeness (QED) is 0.799. The molecule has 0 spiro atoms. The summed E-state index contributed by atoms with van der Waals surface area (Å²) in [7, 11) is 3.06. The van der Waals surface area contributed by atoms with E-state index in [2.05, 4.69) is 5.32 Å². The Bertz CT molecular complexity index is 345. The summed E-state index contributed by atoms with van der Waals surface area (Å²) < 4.78 is 9.84. The molecule has 0 saturated heterocycles. The van der Waals surface area contributed by atoms with E-state index in [0.29, 0.717) is 0 Å². The van der Waals surface area contributed by atoms with Crippen molar-refractivity contribution in [2.24, 2.45) is 0 Å². The number of anilines is 1. The highest BCUT2D eigenvalue weighted by Crippen LogP contribution is 2.09. The Kier molecular flexibility index (Phi) is 5.45. The molecule has 1 aromatic rings. The monoisotopic (exact) mass is 238 g/mol. The van der Waals surface area contributed by atoms with Crippen molar-refractivity contribution in [2.75, 3.05) is 33.0 Å². The van der Waals surface area contributed by atoms with Crippen LogP contribution in [0.15, 0.2) is 24.3 Å². The highest BCUT2D eigenvalue weighted by Gasteiger charge is 2.12. The molecule has 17 heavy (non-hydrogen) atoms. The van der Waals surface area contributed by atoms with Crippen molar-refractivity contribution in [1.29, 1.82) is 0 Å². The Morgan fingerprint density at radius 3 is 2.18 bits per heavy atom. The van der Waals surface area contributed by atoms with Crippen LogP contribution in [0.3, 0.4) is 0 Å². The highest BCUT2D eigenvalue weighted by atomic mass is 16.5. The number of carbonyl (C=O) groups is 1. The fraction of sp³-hybridized carbons (Fsp3) is 0.417. The van der Waals surface area contributed by atoms with Gasteiger partial charge in [-0.3, -0.25) is 4.90 Å². The van der Waals surface area contributed by atoms with E-state index in [1.807, 2.05) is 31.2 Å². The molecule has 0 aromatic heterocycles. The molecular formula is C12H18N2O3. The topological polar surface area (TPSA) is 50.8 Å². The van der Waals surface area contributed by atoms with Crippen molar-refractivity contribution in [3.63, 3.8) is 0 Å². The number of ether oxygens (including phenoxy) is 2. The zero-order valence-corrected chi connectivity index (χ0v) is 10.4. The minimum absolute atomic E-state index is 0.186. The largest absolute Gasteiger partial charge is 0.364 e. The van der Waals surface area contributed by atoms with Gasteiger partial charge in [0.1, 0.15) is 13.5 Å². The van der Waals surface area contributed by atoms with Crippen LogP contribution in [0.5, 0.6) is 0 Å². The third-order valence-corrected chi connectivity index (χ3v) is 2.16. The molecule has 0 saturated carbocycles. The predicted molar refractivity (Wildman–Crippen MR) is 65.8 cm³/mol. The third kappa shape index (κ3) is 4.42. The molecule has 1 N–H and O–H groups in total. The van der Waals surface area contributed by atoms with Crippen LogP contribution in [0.4, 0.5) is 10.5 Å². The van der Waals surface area contributed by atoms with Gasteiger partial charge in [-0.2, -0.15) is 0 Å². The number of amides is 2. The van der Waals surface area contributed by atoms with Gasteiger partial charge in [0.2, 0.25) is 0 Å². The van der Waals surface area contributed by atoms with Crippen molar-refractivity contribution in [3.8, 4) is 0 Å². The Hall–Kier alpha value is -1.59. The fourth-order valence-corrected chi connectivity index (χ4v) is 1.31.